The first kappa shape index (κ1) is 21.0. The van der Waals surface area contributed by atoms with Crippen molar-refractivity contribution in [2.45, 2.75) is 32.4 Å². The molecular formula is C23H25BrN4OS. The Hall–Kier alpha value is -2.22. The molecule has 3 heterocycles. The van der Waals surface area contributed by atoms with E-state index in [1.807, 2.05) is 30.5 Å². The number of benzene rings is 1. The highest BCUT2D eigenvalue weighted by atomic mass is 79.9. The molecule has 0 bridgehead atoms. The van der Waals surface area contributed by atoms with Gasteiger partial charge in [-0.2, -0.15) is 0 Å². The van der Waals surface area contributed by atoms with Crippen LogP contribution in [0.5, 0.6) is 0 Å². The molecule has 0 unspecified atom stereocenters. The quantitative estimate of drug-likeness (QED) is 0.500. The minimum atomic E-state index is -0.0474. The summed E-state index contributed by atoms with van der Waals surface area (Å²) in [5, 5.41) is 13.6. The second-order valence-electron chi connectivity index (χ2n) is 7.54. The van der Waals surface area contributed by atoms with E-state index in [-0.39, 0.29) is 18.7 Å². The predicted molar refractivity (Wildman–Crippen MR) is 127 cm³/mol. The van der Waals surface area contributed by atoms with Gasteiger partial charge in [-0.05, 0) is 74.4 Å². The van der Waals surface area contributed by atoms with Gasteiger partial charge in [0.25, 0.3) is 0 Å². The molecule has 1 aromatic carbocycles. The van der Waals surface area contributed by atoms with Crippen molar-refractivity contribution in [2.75, 3.05) is 13.2 Å². The number of thiocarbonyl (C=S) groups is 1. The molecule has 0 saturated carbocycles. The van der Waals surface area contributed by atoms with E-state index in [2.05, 4.69) is 73.8 Å². The molecule has 2 N–H and O–H groups in total. The lowest BCUT2D eigenvalue weighted by molar-refractivity contribution is 0.247. The molecule has 4 rings (SSSR count). The largest absolute Gasteiger partial charge is 0.396 e. The van der Waals surface area contributed by atoms with E-state index in [0.717, 1.165) is 15.9 Å². The van der Waals surface area contributed by atoms with Gasteiger partial charge in [0.15, 0.2) is 5.11 Å². The molecule has 0 radical (unpaired) electrons. The smallest absolute Gasteiger partial charge is 0.170 e. The van der Waals surface area contributed by atoms with Gasteiger partial charge in [0.1, 0.15) is 0 Å². The van der Waals surface area contributed by atoms with E-state index in [1.165, 1.54) is 17.0 Å². The van der Waals surface area contributed by atoms with Crippen molar-refractivity contribution in [3.63, 3.8) is 0 Å². The summed E-state index contributed by atoms with van der Waals surface area (Å²) in [7, 11) is 0. The molecule has 156 valence electrons. The van der Waals surface area contributed by atoms with E-state index in [0.29, 0.717) is 18.1 Å². The number of nitrogens with one attached hydrogen (secondary N) is 1. The van der Waals surface area contributed by atoms with Crippen LogP contribution in [0.15, 0.2) is 59.2 Å². The van der Waals surface area contributed by atoms with Crippen molar-refractivity contribution >= 4 is 33.3 Å². The average molecular weight is 485 g/mol. The Bertz CT molecular complexity index is 1050. The van der Waals surface area contributed by atoms with Gasteiger partial charge in [-0.15, -0.1) is 0 Å². The zero-order chi connectivity index (χ0) is 21.3. The zero-order valence-electron chi connectivity index (χ0n) is 17.0. The first-order chi connectivity index (χ1) is 14.5. The maximum Gasteiger partial charge on any atom is 0.170 e. The van der Waals surface area contributed by atoms with Crippen LogP contribution in [-0.4, -0.2) is 37.8 Å². The monoisotopic (exact) mass is 484 g/mol. The topological polar surface area (TPSA) is 53.3 Å². The Morgan fingerprint density at radius 2 is 2.00 bits per heavy atom. The van der Waals surface area contributed by atoms with Crippen LogP contribution in [-0.2, 0) is 0 Å². The highest BCUT2D eigenvalue weighted by molar-refractivity contribution is 9.10. The normalized spacial score (nSPS) is 18.7. The number of halogens is 1. The lowest BCUT2D eigenvalue weighted by Crippen LogP contribution is -2.31. The molecular weight excluding hydrogens is 460 g/mol. The fraction of sp³-hybridized carbons (Fsp3) is 0.304. The highest BCUT2D eigenvalue weighted by Gasteiger charge is 2.41. The summed E-state index contributed by atoms with van der Waals surface area (Å²) >= 11 is 9.28. The Morgan fingerprint density at radius 3 is 2.70 bits per heavy atom. The number of pyridine rings is 1. The van der Waals surface area contributed by atoms with Crippen molar-refractivity contribution < 1.29 is 5.11 Å². The minimum absolute atomic E-state index is 0.00560. The second-order valence-corrected chi connectivity index (χ2v) is 8.84. The second kappa shape index (κ2) is 8.88. The van der Waals surface area contributed by atoms with Crippen LogP contribution in [0.3, 0.4) is 0 Å². The predicted octanol–water partition coefficient (Wildman–Crippen LogP) is 4.61. The summed E-state index contributed by atoms with van der Waals surface area (Å²) < 4.78 is 3.33. The summed E-state index contributed by atoms with van der Waals surface area (Å²) in [6.07, 6.45) is 2.48. The summed E-state index contributed by atoms with van der Waals surface area (Å²) in [5.74, 6) is 0. The van der Waals surface area contributed by atoms with E-state index in [9.17, 15) is 5.11 Å². The maximum atomic E-state index is 9.42. The third-order valence-corrected chi connectivity index (χ3v) is 6.46. The molecule has 2 atom stereocenters. The van der Waals surface area contributed by atoms with E-state index < -0.39 is 0 Å². The number of hydrogen-bond acceptors (Lipinski definition) is 3. The number of hydrogen-bond donors (Lipinski definition) is 2. The Morgan fingerprint density at radius 1 is 1.17 bits per heavy atom. The van der Waals surface area contributed by atoms with Crippen LogP contribution < -0.4 is 5.32 Å². The first-order valence-electron chi connectivity index (χ1n) is 10.0. The molecule has 1 aliphatic rings. The van der Waals surface area contributed by atoms with E-state index in [1.54, 1.807) is 0 Å². The van der Waals surface area contributed by atoms with Gasteiger partial charge in [-0.3, -0.25) is 4.98 Å². The summed E-state index contributed by atoms with van der Waals surface area (Å²) in [4.78, 5) is 6.80. The van der Waals surface area contributed by atoms with Gasteiger partial charge in [0.2, 0.25) is 0 Å². The van der Waals surface area contributed by atoms with Gasteiger partial charge in [-0.1, -0.05) is 28.1 Å². The molecule has 5 nitrogen and oxygen atoms in total. The number of rotatable bonds is 6. The van der Waals surface area contributed by atoms with Gasteiger partial charge in [-0.25, -0.2) is 0 Å². The lowest BCUT2D eigenvalue weighted by Gasteiger charge is -2.28. The zero-order valence-corrected chi connectivity index (χ0v) is 19.4. The van der Waals surface area contributed by atoms with E-state index in [4.69, 9.17) is 12.2 Å². The SMILES string of the molecule is Cc1cc([C@H]2[C@@H](c3ccccn3)NC(=S)N2CCCO)c(C)n1-c1cccc(Br)c1. The number of aryl methyl sites for hydroxylation is 1. The first-order valence-corrected chi connectivity index (χ1v) is 11.2. The fourth-order valence-electron chi connectivity index (χ4n) is 4.33. The Labute approximate surface area is 190 Å². The number of aliphatic hydroxyl groups excluding tert-OH is 1. The summed E-state index contributed by atoms with van der Waals surface area (Å²) in [5.41, 5.74) is 5.64. The van der Waals surface area contributed by atoms with Crippen molar-refractivity contribution in [2.24, 2.45) is 0 Å². The van der Waals surface area contributed by atoms with Crippen LogP contribution in [0, 0.1) is 13.8 Å². The van der Waals surface area contributed by atoms with Gasteiger partial charge < -0.3 is 19.9 Å². The fourth-order valence-corrected chi connectivity index (χ4v) is 5.04. The number of nitrogens with zero attached hydrogens (tertiary/aromatic N) is 3. The van der Waals surface area contributed by atoms with Crippen molar-refractivity contribution in [1.82, 2.24) is 19.8 Å². The molecule has 0 aliphatic carbocycles. The van der Waals surface area contributed by atoms with Gasteiger partial charge in [0.05, 0.1) is 17.8 Å². The highest BCUT2D eigenvalue weighted by Crippen LogP contribution is 2.41. The molecule has 3 aromatic rings. The lowest BCUT2D eigenvalue weighted by atomic mass is 9.96. The molecule has 30 heavy (non-hydrogen) atoms. The average Bonchev–Trinajstić information content (AvgIpc) is 3.22. The molecule has 1 fully saturated rings. The molecule has 7 heteroatoms. The van der Waals surface area contributed by atoms with Crippen molar-refractivity contribution in [1.29, 1.82) is 0 Å². The molecule has 0 amide bonds. The van der Waals surface area contributed by atoms with Crippen LogP contribution >= 0.6 is 28.1 Å². The van der Waals surface area contributed by atoms with Crippen LogP contribution in [0.25, 0.3) is 5.69 Å². The molecule has 1 saturated heterocycles. The standard InChI is InChI=1S/C23H25BrN4OS/c1-15-13-19(16(2)28(15)18-8-5-7-17(24)14-18)22-21(20-9-3-4-10-25-20)26-23(30)27(22)11-6-12-29/h3-5,7-10,13-14,21-22,29H,6,11-12H2,1-2H3,(H,26,30)/t21-,22+/m1/s1. The van der Waals surface area contributed by atoms with Crippen LogP contribution in [0.1, 0.15) is 41.1 Å². The molecule has 1 aliphatic heterocycles. The van der Waals surface area contributed by atoms with Gasteiger partial charge >= 0.3 is 0 Å². The van der Waals surface area contributed by atoms with E-state index >= 15 is 0 Å². The summed E-state index contributed by atoms with van der Waals surface area (Å²) in [6.45, 7) is 5.12. The molecule has 2 aromatic heterocycles. The minimum Gasteiger partial charge on any atom is -0.396 e. The van der Waals surface area contributed by atoms with Crippen LogP contribution in [0.2, 0.25) is 0 Å². The van der Waals surface area contributed by atoms with Gasteiger partial charge in [0, 0.05) is 40.9 Å². The number of aromatic nitrogens is 2. The van der Waals surface area contributed by atoms with Crippen molar-refractivity contribution in [3.8, 4) is 5.69 Å². The van der Waals surface area contributed by atoms with Crippen molar-refractivity contribution in [3.05, 3.63) is 81.8 Å². The Kier molecular flexibility index (Phi) is 6.22. The number of aliphatic hydroxyl groups is 1. The molecule has 0 spiro atoms. The third kappa shape index (κ3) is 3.89. The summed E-state index contributed by atoms with van der Waals surface area (Å²) in [6, 6.07) is 16.5. The van der Waals surface area contributed by atoms with Crippen LogP contribution in [0.4, 0.5) is 0 Å². The third-order valence-electron chi connectivity index (χ3n) is 5.61. The maximum absolute atomic E-state index is 9.42. The Balaban J connectivity index is 1.82.